The molecule has 1 saturated carbocycles. The van der Waals surface area contributed by atoms with Crippen LogP contribution in [0.25, 0.3) is 0 Å². The minimum Gasteiger partial charge on any atom is -0.326 e. The predicted octanol–water partition coefficient (Wildman–Crippen LogP) is 1.43. The van der Waals surface area contributed by atoms with Gasteiger partial charge in [-0.2, -0.15) is 0 Å². The summed E-state index contributed by atoms with van der Waals surface area (Å²) in [5.74, 6) is -1.06. The van der Waals surface area contributed by atoms with E-state index in [0.29, 0.717) is 11.1 Å². The van der Waals surface area contributed by atoms with Crippen molar-refractivity contribution in [1.29, 1.82) is 0 Å². The summed E-state index contributed by atoms with van der Waals surface area (Å²) in [7, 11) is 0. The molecular weight excluding hydrogens is 259 g/mol. The fraction of sp³-hybridized carbons (Fsp3) is 0.467. The van der Waals surface area contributed by atoms with Gasteiger partial charge < -0.3 is 5.73 Å². The van der Waals surface area contributed by atoms with Gasteiger partial charge in [0.2, 0.25) is 11.8 Å². The maximum atomic E-state index is 13.4. The summed E-state index contributed by atoms with van der Waals surface area (Å²) in [6.45, 7) is 4.23. The van der Waals surface area contributed by atoms with Gasteiger partial charge >= 0.3 is 0 Å². The number of carbonyl (C=O) groups excluding carboxylic acids is 2. The number of fused-ring (bicyclic) bond motifs is 1. The summed E-state index contributed by atoms with van der Waals surface area (Å²) >= 11 is 0. The van der Waals surface area contributed by atoms with Crippen LogP contribution in [0.2, 0.25) is 0 Å². The highest BCUT2D eigenvalue weighted by Gasteiger charge is 2.72. The van der Waals surface area contributed by atoms with Crippen LogP contribution in [0.1, 0.15) is 25.0 Å². The molecule has 2 atom stereocenters. The number of imide groups is 1. The van der Waals surface area contributed by atoms with Gasteiger partial charge in [0.25, 0.3) is 0 Å². The van der Waals surface area contributed by atoms with E-state index in [1.165, 1.54) is 17.0 Å². The van der Waals surface area contributed by atoms with Crippen LogP contribution in [0.3, 0.4) is 0 Å². The van der Waals surface area contributed by atoms with Crippen LogP contribution >= 0.6 is 0 Å². The van der Waals surface area contributed by atoms with Crippen molar-refractivity contribution >= 4 is 11.8 Å². The van der Waals surface area contributed by atoms with Crippen LogP contribution in [-0.4, -0.2) is 16.7 Å². The van der Waals surface area contributed by atoms with E-state index in [1.807, 2.05) is 13.8 Å². The summed E-state index contributed by atoms with van der Waals surface area (Å²) in [4.78, 5) is 25.7. The van der Waals surface area contributed by atoms with Gasteiger partial charge in [0.05, 0.1) is 18.4 Å². The zero-order valence-electron chi connectivity index (χ0n) is 11.5. The van der Waals surface area contributed by atoms with Crippen molar-refractivity contribution in [3.8, 4) is 0 Å². The van der Waals surface area contributed by atoms with Crippen LogP contribution in [0.15, 0.2) is 18.2 Å². The fourth-order valence-corrected chi connectivity index (χ4v) is 3.27. The first-order chi connectivity index (χ1) is 9.36. The van der Waals surface area contributed by atoms with Crippen LogP contribution < -0.4 is 5.73 Å². The van der Waals surface area contributed by atoms with E-state index in [4.69, 9.17) is 5.73 Å². The van der Waals surface area contributed by atoms with E-state index in [9.17, 15) is 14.0 Å². The molecule has 5 heteroatoms. The Balaban J connectivity index is 1.82. The summed E-state index contributed by atoms with van der Waals surface area (Å²) in [6.07, 6.45) is 0. The van der Waals surface area contributed by atoms with Crippen LogP contribution in [0, 0.1) is 23.1 Å². The fourth-order valence-electron chi connectivity index (χ4n) is 3.27. The third-order valence-corrected chi connectivity index (χ3v) is 4.49. The lowest BCUT2D eigenvalue weighted by Crippen LogP contribution is -2.35. The Morgan fingerprint density at radius 1 is 1.15 bits per heavy atom. The summed E-state index contributed by atoms with van der Waals surface area (Å²) in [6, 6.07) is 4.44. The Bertz CT molecular complexity index is 588. The molecule has 1 aromatic carbocycles. The molecular formula is C15H17FN2O2. The molecule has 2 unspecified atom stereocenters. The van der Waals surface area contributed by atoms with E-state index in [-0.39, 0.29) is 42.2 Å². The van der Waals surface area contributed by atoms with Crippen molar-refractivity contribution in [2.24, 2.45) is 23.0 Å². The maximum Gasteiger partial charge on any atom is 0.233 e. The zero-order chi connectivity index (χ0) is 14.7. The molecule has 2 N–H and O–H groups in total. The molecule has 3 rings (SSSR count). The smallest absolute Gasteiger partial charge is 0.233 e. The Morgan fingerprint density at radius 3 is 2.25 bits per heavy atom. The second-order valence-electron chi connectivity index (χ2n) is 6.21. The number of benzene rings is 1. The van der Waals surface area contributed by atoms with Crippen LogP contribution in [0.5, 0.6) is 0 Å². The van der Waals surface area contributed by atoms with Crippen LogP contribution in [-0.2, 0) is 22.7 Å². The first-order valence-corrected chi connectivity index (χ1v) is 6.70. The van der Waals surface area contributed by atoms with Crippen molar-refractivity contribution in [2.45, 2.75) is 26.9 Å². The number of amides is 2. The van der Waals surface area contributed by atoms with Crippen molar-refractivity contribution < 1.29 is 14.0 Å². The molecule has 4 nitrogen and oxygen atoms in total. The van der Waals surface area contributed by atoms with Gasteiger partial charge in [-0.05, 0) is 28.7 Å². The monoisotopic (exact) mass is 276 g/mol. The molecule has 1 aromatic rings. The average molecular weight is 276 g/mol. The lowest BCUT2D eigenvalue weighted by atomic mass is 10.0. The highest BCUT2D eigenvalue weighted by Crippen LogP contribution is 2.63. The Kier molecular flexibility index (Phi) is 2.73. The normalized spacial score (nSPS) is 26.9. The molecule has 0 radical (unpaired) electrons. The highest BCUT2D eigenvalue weighted by atomic mass is 19.1. The minimum absolute atomic E-state index is 0.130. The minimum atomic E-state index is -0.396. The van der Waals surface area contributed by atoms with E-state index in [2.05, 4.69) is 0 Å². The number of rotatable bonds is 3. The van der Waals surface area contributed by atoms with Crippen molar-refractivity contribution in [2.75, 3.05) is 0 Å². The molecule has 106 valence electrons. The molecule has 2 aliphatic rings. The quantitative estimate of drug-likeness (QED) is 0.849. The van der Waals surface area contributed by atoms with Gasteiger partial charge in [0.15, 0.2) is 0 Å². The Morgan fingerprint density at radius 2 is 1.70 bits per heavy atom. The second-order valence-corrected chi connectivity index (χ2v) is 6.21. The third kappa shape index (κ3) is 1.77. The molecule has 20 heavy (non-hydrogen) atoms. The van der Waals surface area contributed by atoms with Gasteiger partial charge in [-0.25, -0.2) is 4.39 Å². The van der Waals surface area contributed by atoms with Gasteiger partial charge in [0.1, 0.15) is 5.82 Å². The number of nitrogens with two attached hydrogens (primary N) is 1. The number of nitrogens with zero attached hydrogens (tertiary/aromatic N) is 1. The zero-order valence-corrected chi connectivity index (χ0v) is 11.5. The summed E-state index contributed by atoms with van der Waals surface area (Å²) < 4.78 is 13.4. The molecule has 1 saturated heterocycles. The molecule has 1 aliphatic carbocycles. The molecule has 0 aromatic heterocycles. The van der Waals surface area contributed by atoms with Gasteiger partial charge in [-0.1, -0.05) is 19.9 Å². The third-order valence-electron chi connectivity index (χ3n) is 4.49. The van der Waals surface area contributed by atoms with E-state index in [1.54, 1.807) is 6.07 Å². The molecule has 0 spiro atoms. The molecule has 1 heterocycles. The number of likely N-dealkylation sites (tertiary alicyclic amines) is 1. The number of hydrogen-bond acceptors (Lipinski definition) is 3. The molecule has 2 fully saturated rings. The molecule has 2 amide bonds. The summed E-state index contributed by atoms with van der Waals surface area (Å²) in [5.41, 5.74) is 6.55. The summed E-state index contributed by atoms with van der Waals surface area (Å²) in [5, 5.41) is 0. The standard InChI is InChI=1S/C15H17FN2O2/c1-15(2)11-12(15)14(20)18(13(11)19)7-9-3-8(6-17)4-10(16)5-9/h3-5,11-12H,6-7,17H2,1-2H3. The number of carbonyl (C=O) groups is 2. The Hall–Kier alpha value is -1.75. The lowest BCUT2D eigenvalue weighted by Gasteiger charge is -2.20. The number of piperidine rings is 1. The van der Waals surface area contributed by atoms with Gasteiger partial charge in [-0.15, -0.1) is 0 Å². The average Bonchev–Trinajstić information content (AvgIpc) is 2.85. The first-order valence-electron chi connectivity index (χ1n) is 6.70. The van der Waals surface area contributed by atoms with E-state index >= 15 is 0 Å². The lowest BCUT2D eigenvalue weighted by molar-refractivity contribution is -0.143. The SMILES string of the molecule is CC1(C)C2C(=O)N(Cc3cc(F)cc(CN)c3)C(=O)C21. The predicted molar refractivity (Wildman–Crippen MR) is 70.6 cm³/mol. The number of hydrogen-bond donors (Lipinski definition) is 1. The molecule has 1 aliphatic heterocycles. The van der Waals surface area contributed by atoms with Crippen molar-refractivity contribution in [3.63, 3.8) is 0 Å². The van der Waals surface area contributed by atoms with E-state index in [0.717, 1.165) is 0 Å². The van der Waals surface area contributed by atoms with Crippen LogP contribution in [0.4, 0.5) is 4.39 Å². The van der Waals surface area contributed by atoms with Gasteiger partial charge in [-0.3, -0.25) is 14.5 Å². The van der Waals surface area contributed by atoms with E-state index < -0.39 is 5.82 Å². The first kappa shape index (κ1) is 13.2. The molecule has 0 bridgehead atoms. The van der Waals surface area contributed by atoms with Gasteiger partial charge in [0, 0.05) is 6.54 Å². The van der Waals surface area contributed by atoms with Crippen molar-refractivity contribution in [1.82, 2.24) is 4.90 Å². The second kappa shape index (κ2) is 4.12. The highest BCUT2D eigenvalue weighted by molar-refractivity contribution is 6.10. The Labute approximate surface area is 116 Å². The largest absolute Gasteiger partial charge is 0.326 e. The topological polar surface area (TPSA) is 63.4 Å². The maximum absolute atomic E-state index is 13.4. The van der Waals surface area contributed by atoms with Crippen molar-refractivity contribution in [3.05, 3.63) is 35.1 Å². The number of halogens is 1.